The molecule has 0 unspecified atom stereocenters. The Kier molecular flexibility index (Phi) is 5.42. The molecule has 0 fully saturated rings. The highest BCUT2D eigenvalue weighted by Gasteiger charge is 2.38. The van der Waals surface area contributed by atoms with E-state index in [-0.39, 0.29) is 11.9 Å². The number of halogens is 3. The van der Waals surface area contributed by atoms with Crippen LogP contribution in [0, 0.1) is 0 Å². The van der Waals surface area contributed by atoms with Gasteiger partial charge < -0.3 is 14.7 Å². The van der Waals surface area contributed by atoms with E-state index in [1.807, 2.05) is 13.8 Å². The molecule has 2 aromatic rings. The van der Waals surface area contributed by atoms with Crippen LogP contribution >= 0.6 is 0 Å². The van der Waals surface area contributed by atoms with Crippen molar-refractivity contribution in [1.29, 1.82) is 0 Å². The van der Waals surface area contributed by atoms with Crippen LogP contribution in [-0.4, -0.2) is 34.2 Å². The van der Waals surface area contributed by atoms with E-state index in [9.17, 15) is 18.0 Å². The first-order chi connectivity index (χ1) is 11.3. The number of rotatable bonds is 5. The molecule has 1 aromatic carbocycles. The molecule has 0 spiro atoms. The molecule has 0 aliphatic rings. The molecule has 0 bridgehead atoms. The van der Waals surface area contributed by atoms with Crippen LogP contribution in [0.5, 0.6) is 0 Å². The maximum absolute atomic E-state index is 12.4. The number of nitrogens with zero attached hydrogens (tertiary/aromatic N) is 3. The Balaban J connectivity index is 2.01. The SMILES string of the molecule is CCN(CC)C(=O)NCc1ccc(-c2noc(C(F)(F)F)n2)cc1. The average Bonchev–Trinajstić information content (AvgIpc) is 3.05. The number of hydrogen-bond donors (Lipinski definition) is 1. The zero-order valence-electron chi connectivity index (χ0n) is 13.2. The molecule has 1 aromatic heterocycles. The highest BCUT2D eigenvalue weighted by atomic mass is 19.4. The van der Waals surface area contributed by atoms with E-state index in [4.69, 9.17) is 0 Å². The minimum Gasteiger partial charge on any atom is -0.334 e. The number of hydrogen-bond acceptors (Lipinski definition) is 4. The molecule has 9 heteroatoms. The van der Waals surface area contributed by atoms with Gasteiger partial charge in [-0.3, -0.25) is 0 Å². The maximum atomic E-state index is 12.4. The number of aromatic nitrogens is 2. The summed E-state index contributed by atoms with van der Waals surface area (Å²) in [6.45, 7) is 5.31. The predicted octanol–water partition coefficient (Wildman–Crippen LogP) is 3.31. The molecule has 2 rings (SSSR count). The van der Waals surface area contributed by atoms with Gasteiger partial charge in [0.2, 0.25) is 5.82 Å². The van der Waals surface area contributed by atoms with Gasteiger partial charge in [0.05, 0.1) is 0 Å². The number of carbonyl (C=O) groups is 1. The van der Waals surface area contributed by atoms with Crippen molar-refractivity contribution in [2.45, 2.75) is 26.6 Å². The molecule has 0 aliphatic carbocycles. The van der Waals surface area contributed by atoms with Crippen molar-refractivity contribution in [3.8, 4) is 11.4 Å². The first-order valence-corrected chi connectivity index (χ1v) is 7.38. The zero-order valence-corrected chi connectivity index (χ0v) is 13.2. The molecule has 6 nitrogen and oxygen atoms in total. The molecule has 0 atom stereocenters. The van der Waals surface area contributed by atoms with E-state index in [1.54, 1.807) is 29.2 Å². The van der Waals surface area contributed by atoms with Crippen molar-refractivity contribution < 1.29 is 22.5 Å². The smallest absolute Gasteiger partial charge is 0.334 e. The lowest BCUT2D eigenvalue weighted by Crippen LogP contribution is -2.39. The van der Waals surface area contributed by atoms with Crippen molar-refractivity contribution in [1.82, 2.24) is 20.4 Å². The standard InChI is InChI=1S/C15H17F3N4O2/c1-3-22(4-2)14(23)19-9-10-5-7-11(8-6-10)12-20-13(24-21-12)15(16,17)18/h5-8H,3-4,9H2,1-2H3,(H,19,23). The lowest BCUT2D eigenvalue weighted by Gasteiger charge is -2.19. The molecule has 0 saturated heterocycles. The van der Waals surface area contributed by atoms with Gasteiger partial charge in [0.25, 0.3) is 0 Å². The Bertz CT molecular complexity index is 679. The van der Waals surface area contributed by atoms with Crippen LogP contribution in [-0.2, 0) is 12.7 Å². The topological polar surface area (TPSA) is 71.3 Å². The zero-order chi connectivity index (χ0) is 17.7. The Labute approximate surface area is 136 Å². The van der Waals surface area contributed by atoms with Gasteiger partial charge in [-0.2, -0.15) is 18.2 Å². The van der Waals surface area contributed by atoms with E-state index in [1.165, 1.54) is 0 Å². The Hall–Kier alpha value is -2.58. The number of amides is 2. The summed E-state index contributed by atoms with van der Waals surface area (Å²) in [6.07, 6.45) is -4.67. The number of urea groups is 1. The summed E-state index contributed by atoms with van der Waals surface area (Å²) in [4.78, 5) is 16.8. The average molecular weight is 342 g/mol. The lowest BCUT2D eigenvalue weighted by atomic mass is 10.1. The quantitative estimate of drug-likeness (QED) is 0.905. The van der Waals surface area contributed by atoms with Crippen LogP contribution in [0.1, 0.15) is 25.3 Å². The summed E-state index contributed by atoms with van der Waals surface area (Å²) in [5, 5.41) is 6.09. The highest BCUT2D eigenvalue weighted by Crippen LogP contribution is 2.29. The third-order valence-electron chi connectivity index (χ3n) is 3.38. The molecule has 0 saturated carbocycles. The summed E-state index contributed by atoms with van der Waals surface area (Å²) in [5.74, 6) is -1.52. The van der Waals surface area contributed by atoms with Gasteiger partial charge in [-0.15, -0.1) is 0 Å². The number of carbonyl (C=O) groups excluding carboxylic acids is 1. The van der Waals surface area contributed by atoms with Gasteiger partial charge in [-0.1, -0.05) is 29.4 Å². The fraction of sp³-hybridized carbons (Fsp3) is 0.400. The Morgan fingerprint density at radius 3 is 2.33 bits per heavy atom. The van der Waals surface area contributed by atoms with Gasteiger partial charge in [-0.25, -0.2) is 4.79 Å². The monoisotopic (exact) mass is 342 g/mol. The van der Waals surface area contributed by atoms with E-state index in [0.29, 0.717) is 25.2 Å². The van der Waals surface area contributed by atoms with Crippen molar-refractivity contribution >= 4 is 6.03 Å². The van der Waals surface area contributed by atoms with Gasteiger partial charge in [-0.05, 0) is 19.4 Å². The van der Waals surface area contributed by atoms with Crippen molar-refractivity contribution in [3.63, 3.8) is 0 Å². The summed E-state index contributed by atoms with van der Waals surface area (Å²) in [5.41, 5.74) is 1.20. The second-order valence-electron chi connectivity index (χ2n) is 4.95. The summed E-state index contributed by atoms with van der Waals surface area (Å²) < 4.78 is 41.5. The molecule has 1 heterocycles. The lowest BCUT2D eigenvalue weighted by molar-refractivity contribution is -0.159. The number of benzene rings is 1. The van der Waals surface area contributed by atoms with E-state index in [0.717, 1.165) is 5.56 Å². The van der Waals surface area contributed by atoms with Crippen LogP contribution < -0.4 is 5.32 Å². The first kappa shape index (κ1) is 17.8. The van der Waals surface area contributed by atoms with Crippen LogP contribution in [0.2, 0.25) is 0 Å². The normalized spacial score (nSPS) is 11.4. The molecular formula is C15H17F3N4O2. The van der Waals surface area contributed by atoms with E-state index in [2.05, 4.69) is 20.0 Å². The Morgan fingerprint density at radius 2 is 1.83 bits per heavy atom. The highest BCUT2D eigenvalue weighted by molar-refractivity contribution is 5.74. The number of alkyl halides is 3. The second kappa shape index (κ2) is 7.33. The molecule has 2 amide bonds. The van der Waals surface area contributed by atoms with Crippen molar-refractivity contribution in [3.05, 3.63) is 35.7 Å². The molecule has 0 aliphatic heterocycles. The summed E-state index contributed by atoms with van der Waals surface area (Å²) >= 11 is 0. The van der Waals surface area contributed by atoms with Gasteiger partial charge in [0.15, 0.2) is 0 Å². The van der Waals surface area contributed by atoms with Crippen molar-refractivity contribution in [2.75, 3.05) is 13.1 Å². The van der Waals surface area contributed by atoms with E-state index < -0.39 is 12.1 Å². The summed E-state index contributed by atoms with van der Waals surface area (Å²) in [7, 11) is 0. The Morgan fingerprint density at radius 1 is 1.21 bits per heavy atom. The van der Waals surface area contributed by atoms with Crippen LogP contribution in [0.25, 0.3) is 11.4 Å². The second-order valence-corrected chi connectivity index (χ2v) is 4.95. The number of nitrogens with one attached hydrogen (secondary N) is 1. The molecule has 130 valence electrons. The predicted molar refractivity (Wildman–Crippen MR) is 79.9 cm³/mol. The fourth-order valence-corrected chi connectivity index (χ4v) is 2.03. The molecule has 1 N–H and O–H groups in total. The molecule has 24 heavy (non-hydrogen) atoms. The molecular weight excluding hydrogens is 325 g/mol. The van der Waals surface area contributed by atoms with Crippen LogP contribution in [0.15, 0.2) is 28.8 Å². The third kappa shape index (κ3) is 4.24. The van der Waals surface area contributed by atoms with E-state index >= 15 is 0 Å². The first-order valence-electron chi connectivity index (χ1n) is 7.38. The third-order valence-corrected chi connectivity index (χ3v) is 3.38. The van der Waals surface area contributed by atoms with Gasteiger partial charge in [0, 0.05) is 25.2 Å². The minimum absolute atomic E-state index is 0.138. The molecule has 0 radical (unpaired) electrons. The summed E-state index contributed by atoms with van der Waals surface area (Å²) in [6, 6.07) is 6.34. The van der Waals surface area contributed by atoms with Crippen LogP contribution in [0.3, 0.4) is 0 Å². The largest absolute Gasteiger partial charge is 0.471 e. The fourth-order valence-electron chi connectivity index (χ4n) is 2.03. The van der Waals surface area contributed by atoms with Gasteiger partial charge >= 0.3 is 18.1 Å². The maximum Gasteiger partial charge on any atom is 0.471 e. The van der Waals surface area contributed by atoms with Crippen molar-refractivity contribution in [2.24, 2.45) is 0 Å². The van der Waals surface area contributed by atoms with Crippen LogP contribution in [0.4, 0.5) is 18.0 Å². The van der Waals surface area contributed by atoms with Gasteiger partial charge in [0.1, 0.15) is 0 Å². The minimum atomic E-state index is -4.67.